The summed E-state index contributed by atoms with van der Waals surface area (Å²) in [7, 11) is 0. The highest BCUT2D eigenvalue weighted by atomic mass is 16.3. The molecule has 1 N–H and O–H groups in total. The first kappa shape index (κ1) is 9.83. The van der Waals surface area contributed by atoms with E-state index >= 15 is 0 Å². The van der Waals surface area contributed by atoms with Crippen LogP contribution in [-0.4, -0.2) is 42.2 Å². The smallest absolute Gasteiger partial charge is 0.228 e. The van der Waals surface area contributed by atoms with Crippen molar-refractivity contribution in [3.63, 3.8) is 0 Å². The molecule has 0 radical (unpaired) electrons. The lowest BCUT2D eigenvalue weighted by Crippen LogP contribution is -2.30. The van der Waals surface area contributed by atoms with Gasteiger partial charge >= 0.3 is 0 Å². The largest absolute Gasteiger partial charge is 0.396 e. The third-order valence-electron chi connectivity index (χ3n) is 2.17. The van der Waals surface area contributed by atoms with Gasteiger partial charge in [0.05, 0.1) is 0 Å². The summed E-state index contributed by atoms with van der Waals surface area (Å²) in [5, 5.41) is 12.0. The first-order valence-electron chi connectivity index (χ1n) is 4.17. The Bertz CT molecular complexity index is 237. The molecule has 13 heavy (non-hydrogen) atoms. The van der Waals surface area contributed by atoms with Gasteiger partial charge in [0, 0.05) is 30.5 Å². The number of hydrogen-bond donors (Lipinski definition) is 1. The summed E-state index contributed by atoms with van der Waals surface area (Å²) < 4.78 is 0. The standard InChI is InChI=1S/C7H12N4O2/c8-10-9-3-7(13)11-2-1-6(4-11)5-12/h6,12H,1-5H2. The summed E-state index contributed by atoms with van der Waals surface area (Å²) in [4.78, 5) is 15.4. The Balaban J connectivity index is 2.37. The number of carbonyl (C=O) groups is 1. The van der Waals surface area contributed by atoms with Gasteiger partial charge in [-0.2, -0.15) is 0 Å². The van der Waals surface area contributed by atoms with Crippen molar-refractivity contribution in [3.05, 3.63) is 10.4 Å². The lowest BCUT2D eigenvalue weighted by molar-refractivity contribution is -0.128. The number of aliphatic hydroxyl groups excluding tert-OH is 1. The minimum absolute atomic E-state index is 0.116. The molecule has 1 amide bonds. The number of rotatable bonds is 3. The summed E-state index contributed by atoms with van der Waals surface area (Å²) in [6.45, 7) is 1.24. The average Bonchev–Trinajstić information content (AvgIpc) is 2.62. The van der Waals surface area contributed by atoms with Gasteiger partial charge < -0.3 is 10.0 Å². The molecule has 1 saturated heterocycles. The fourth-order valence-corrected chi connectivity index (χ4v) is 1.40. The number of nitrogens with zero attached hydrogens (tertiary/aromatic N) is 4. The number of carbonyl (C=O) groups excluding carboxylic acids is 1. The maximum atomic E-state index is 11.2. The molecule has 6 nitrogen and oxygen atoms in total. The van der Waals surface area contributed by atoms with Crippen molar-refractivity contribution in [2.45, 2.75) is 6.42 Å². The summed E-state index contributed by atoms with van der Waals surface area (Å²) in [5.74, 6) is 0.0313. The highest BCUT2D eigenvalue weighted by Gasteiger charge is 2.24. The van der Waals surface area contributed by atoms with Crippen LogP contribution in [-0.2, 0) is 4.79 Å². The second-order valence-electron chi connectivity index (χ2n) is 3.07. The van der Waals surface area contributed by atoms with Crippen LogP contribution < -0.4 is 0 Å². The molecular weight excluding hydrogens is 172 g/mol. The molecule has 1 rings (SSSR count). The minimum atomic E-state index is -0.159. The zero-order valence-electron chi connectivity index (χ0n) is 7.26. The van der Waals surface area contributed by atoms with Crippen LogP contribution in [0.3, 0.4) is 0 Å². The topological polar surface area (TPSA) is 89.3 Å². The van der Waals surface area contributed by atoms with Crippen molar-refractivity contribution in [2.75, 3.05) is 26.2 Å². The van der Waals surface area contributed by atoms with Crippen LogP contribution in [0.2, 0.25) is 0 Å². The molecule has 0 aliphatic carbocycles. The Kier molecular flexibility index (Phi) is 3.54. The predicted molar refractivity (Wildman–Crippen MR) is 45.8 cm³/mol. The molecule has 1 unspecified atom stereocenters. The summed E-state index contributed by atoms with van der Waals surface area (Å²) in [6.07, 6.45) is 0.832. The molecule has 0 spiro atoms. The van der Waals surface area contributed by atoms with Crippen molar-refractivity contribution in [2.24, 2.45) is 11.0 Å². The van der Waals surface area contributed by atoms with E-state index < -0.39 is 0 Å². The second kappa shape index (κ2) is 4.69. The van der Waals surface area contributed by atoms with Crippen molar-refractivity contribution in [1.82, 2.24) is 4.90 Å². The molecule has 0 aromatic rings. The molecule has 0 aromatic carbocycles. The van der Waals surface area contributed by atoms with E-state index in [0.29, 0.717) is 13.1 Å². The van der Waals surface area contributed by atoms with Crippen LogP contribution in [0.4, 0.5) is 0 Å². The Labute approximate surface area is 75.8 Å². The minimum Gasteiger partial charge on any atom is -0.396 e. The number of azide groups is 1. The number of amides is 1. The van der Waals surface area contributed by atoms with Crippen LogP contribution in [0.15, 0.2) is 5.11 Å². The van der Waals surface area contributed by atoms with Gasteiger partial charge in [-0.1, -0.05) is 5.11 Å². The predicted octanol–water partition coefficient (Wildman–Crippen LogP) is 0.138. The molecule has 0 bridgehead atoms. The summed E-state index contributed by atoms with van der Waals surface area (Å²) in [6, 6.07) is 0. The zero-order valence-corrected chi connectivity index (χ0v) is 7.26. The number of likely N-dealkylation sites (tertiary alicyclic amines) is 1. The van der Waals surface area contributed by atoms with Gasteiger partial charge in [-0.25, -0.2) is 0 Å². The maximum absolute atomic E-state index is 11.2. The Hall–Kier alpha value is -1.26. The molecule has 1 aliphatic heterocycles. The van der Waals surface area contributed by atoms with Crippen molar-refractivity contribution >= 4 is 5.91 Å². The van der Waals surface area contributed by atoms with E-state index in [0.717, 1.165) is 6.42 Å². The van der Waals surface area contributed by atoms with Crippen molar-refractivity contribution in [3.8, 4) is 0 Å². The first-order chi connectivity index (χ1) is 6.27. The van der Waals surface area contributed by atoms with Crippen LogP contribution in [0, 0.1) is 5.92 Å². The lowest BCUT2D eigenvalue weighted by atomic mass is 10.1. The third kappa shape index (κ3) is 2.61. The lowest BCUT2D eigenvalue weighted by Gasteiger charge is -2.14. The molecule has 1 atom stereocenters. The van der Waals surface area contributed by atoms with Crippen molar-refractivity contribution in [1.29, 1.82) is 0 Å². The Morgan fingerprint density at radius 2 is 2.54 bits per heavy atom. The molecule has 1 heterocycles. The third-order valence-corrected chi connectivity index (χ3v) is 2.17. The van der Waals surface area contributed by atoms with E-state index in [1.165, 1.54) is 0 Å². The van der Waals surface area contributed by atoms with Gasteiger partial charge in [-0.15, -0.1) is 0 Å². The zero-order chi connectivity index (χ0) is 9.68. The van der Waals surface area contributed by atoms with E-state index in [9.17, 15) is 4.79 Å². The first-order valence-corrected chi connectivity index (χ1v) is 4.17. The molecule has 0 aromatic heterocycles. The van der Waals surface area contributed by atoms with Gasteiger partial charge in [0.1, 0.15) is 6.54 Å². The fourth-order valence-electron chi connectivity index (χ4n) is 1.40. The second-order valence-corrected chi connectivity index (χ2v) is 3.07. The van der Waals surface area contributed by atoms with Crippen molar-refractivity contribution < 1.29 is 9.90 Å². The van der Waals surface area contributed by atoms with Gasteiger partial charge in [0.15, 0.2) is 0 Å². The fraction of sp³-hybridized carbons (Fsp3) is 0.857. The number of hydrogen-bond acceptors (Lipinski definition) is 3. The van der Waals surface area contributed by atoms with E-state index in [4.69, 9.17) is 10.6 Å². The van der Waals surface area contributed by atoms with Gasteiger partial charge in [-0.05, 0) is 12.0 Å². The Morgan fingerprint density at radius 1 is 1.77 bits per heavy atom. The Morgan fingerprint density at radius 3 is 3.08 bits per heavy atom. The normalized spacial score (nSPS) is 21.3. The highest BCUT2D eigenvalue weighted by molar-refractivity contribution is 5.78. The summed E-state index contributed by atoms with van der Waals surface area (Å²) >= 11 is 0. The monoisotopic (exact) mass is 184 g/mol. The maximum Gasteiger partial charge on any atom is 0.228 e. The van der Waals surface area contributed by atoms with Gasteiger partial charge in [-0.3, -0.25) is 4.79 Å². The van der Waals surface area contributed by atoms with Gasteiger partial charge in [0.2, 0.25) is 5.91 Å². The average molecular weight is 184 g/mol. The van der Waals surface area contributed by atoms with E-state index in [2.05, 4.69) is 10.0 Å². The molecule has 1 aliphatic rings. The molecule has 6 heteroatoms. The van der Waals surface area contributed by atoms with Gasteiger partial charge in [0.25, 0.3) is 0 Å². The van der Waals surface area contributed by atoms with E-state index in [-0.39, 0.29) is 25.0 Å². The SMILES string of the molecule is [N-]=[N+]=NCC(=O)N1CCC(CO)C1. The van der Waals surface area contributed by atoms with Crippen LogP contribution in [0.5, 0.6) is 0 Å². The molecular formula is C7H12N4O2. The van der Waals surface area contributed by atoms with Crippen LogP contribution in [0.1, 0.15) is 6.42 Å². The summed E-state index contributed by atoms with van der Waals surface area (Å²) in [5.41, 5.74) is 8.00. The molecule has 0 saturated carbocycles. The van der Waals surface area contributed by atoms with E-state index in [1.54, 1.807) is 4.90 Å². The number of aliphatic hydroxyl groups is 1. The van der Waals surface area contributed by atoms with Crippen LogP contribution >= 0.6 is 0 Å². The molecule has 1 fully saturated rings. The highest BCUT2D eigenvalue weighted by Crippen LogP contribution is 2.15. The van der Waals surface area contributed by atoms with E-state index in [1.807, 2.05) is 0 Å². The quantitative estimate of drug-likeness (QED) is 0.384. The van der Waals surface area contributed by atoms with Crippen LogP contribution in [0.25, 0.3) is 10.4 Å². The molecule has 72 valence electrons.